The summed E-state index contributed by atoms with van der Waals surface area (Å²) < 4.78 is 3.75. The Morgan fingerprint density at radius 2 is 1.81 bits per heavy atom. The molecule has 0 radical (unpaired) electrons. The van der Waals surface area contributed by atoms with Gasteiger partial charge in [-0.3, -0.25) is 9.48 Å². The molecule has 5 heteroatoms. The maximum absolute atomic E-state index is 12.3. The fraction of sp³-hybridized carbons (Fsp3) is 0.375. The number of hydrogen-bond acceptors (Lipinski definition) is 2. The third kappa shape index (κ3) is 4.27. The zero-order chi connectivity index (χ0) is 15.4. The quantitative estimate of drug-likeness (QED) is 0.610. The van der Waals surface area contributed by atoms with Gasteiger partial charge in [0.2, 0.25) is 0 Å². The molecule has 0 unspecified atom stereocenters. The van der Waals surface area contributed by atoms with Crippen molar-refractivity contribution in [2.75, 3.05) is 0 Å². The summed E-state index contributed by atoms with van der Waals surface area (Å²) in [5.74, 6) is 0.0757. The van der Waals surface area contributed by atoms with Gasteiger partial charge >= 0.3 is 0 Å². The largest absolute Gasteiger partial charge is 0.294 e. The van der Waals surface area contributed by atoms with Gasteiger partial charge in [0, 0.05) is 20.7 Å². The second-order valence-electron chi connectivity index (χ2n) is 5.02. The lowest BCUT2D eigenvalue weighted by Gasteiger charge is -2.12. The van der Waals surface area contributed by atoms with E-state index in [0.29, 0.717) is 18.0 Å². The Balaban J connectivity index is 2.12. The first-order valence-electron chi connectivity index (χ1n) is 7.06. The molecule has 0 aliphatic rings. The Kier molecular flexibility index (Phi) is 5.76. The highest BCUT2D eigenvalue weighted by molar-refractivity contribution is 9.11. The molecule has 0 N–H and O–H groups in total. The van der Waals surface area contributed by atoms with Gasteiger partial charge in [-0.05, 0) is 37.1 Å². The van der Waals surface area contributed by atoms with Gasteiger partial charge in [-0.2, -0.15) is 5.10 Å². The third-order valence-corrected chi connectivity index (χ3v) is 4.42. The molecular formula is C16H18Br2N2O. The van der Waals surface area contributed by atoms with Crippen LogP contribution in [0.4, 0.5) is 0 Å². The van der Waals surface area contributed by atoms with Gasteiger partial charge < -0.3 is 0 Å². The van der Waals surface area contributed by atoms with Crippen LogP contribution in [0.15, 0.2) is 39.4 Å². The molecule has 21 heavy (non-hydrogen) atoms. The normalized spacial score (nSPS) is 11.1. The van der Waals surface area contributed by atoms with Crippen molar-refractivity contribution >= 4 is 37.6 Å². The molecule has 2 rings (SSSR count). The number of Topliss-reactive ketones (excluding diaryl/α,β-unsaturated/α-hetero) is 1. The third-order valence-electron chi connectivity index (χ3n) is 3.51. The zero-order valence-corrected chi connectivity index (χ0v) is 15.3. The van der Waals surface area contributed by atoms with Crippen molar-refractivity contribution in [3.63, 3.8) is 0 Å². The number of carbonyl (C=O) groups is 1. The molecule has 0 saturated heterocycles. The van der Waals surface area contributed by atoms with Crippen LogP contribution in [0.5, 0.6) is 0 Å². The molecule has 0 bridgehead atoms. The smallest absolute Gasteiger partial charge is 0.168 e. The van der Waals surface area contributed by atoms with E-state index < -0.39 is 0 Å². The van der Waals surface area contributed by atoms with E-state index in [1.165, 1.54) is 0 Å². The van der Waals surface area contributed by atoms with Crippen LogP contribution in [0.3, 0.4) is 0 Å². The second-order valence-corrected chi connectivity index (χ2v) is 6.85. The number of nitrogens with zero attached hydrogens (tertiary/aromatic N) is 2. The number of carbonyl (C=O) groups excluding carboxylic acids is 1. The molecular weight excluding hydrogens is 396 g/mol. The van der Waals surface area contributed by atoms with Gasteiger partial charge in [0.15, 0.2) is 5.78 Å². The number of ketones is 1. The van der Waals surface area contributed by atoms with Crippen molar-refractivity contribution in [3.05, 3.63) is 50.7 Å². The van der Waals surface area contributed by atoms with Gasteiger partial charge in [0.25, 0.3) is 0 Å². The van der Waals surface area contributed by atoms with Crippen molar-refractivity contribution in [2.24, 2.45) is 0 Å². The van der Waals surface area contributed by atoms with Crippen molar-refractivity contribution < 1.29 is 4.79 Å². The summed E-state index contributed by atoms with van der Waals surface area (Å²) in [6, 6.07) is 7.94. The molecule has 0 saturated carbocycles. The first kappa shape index (κ1) is 16.4. The molecule has 0 spiro atoms. The van der Waals surface area contributed by atoms with E-state index in [9.17, 15) is 4.79 Å². The van der Waals surface area contributed by atoms with E-state index in [2.05, 4.69) is 50.8 Å². The summed E-state index contributed by atoms with van der Waals surface area (Å²) >= 11 is 6.81. The standard InChI is InChI=1S/C16H18Br2N2O/c1-3-15(4-2)20-6-5-14(19-20)10-16(21)11-7-12(17)9-13(18)8-11/h5-9,15H,3-4,10H2,1-2H3. The highest BCUT2D eigenvalue weighted by atomic mass is 79.9. The van der Waals surface area contributed by atoms with Crippen molar-refractivity contribution in [1.29, 1.82) is 0 Å². The minimum absolute atomic E-state index is 0.0757. The molecule has 0 fully saturated rings. The minimum Gasteiger partial charge on any atom is -0.294 e. The van der Waals surface area contributed by atoms with Gasteiger partial charge in [0.05, 0.1) is 18.2 Å². The topological polar surface area (TPSA) is 34.9 Å². The van der Waals surface area contributed by atoms with Crippen LogP contribution in [-0.4, -0.2) is 15.6 Å². The van der Waals surface area contributed by atoms with Crippen LogP contribution >= 0.6 is 31.9 Å². The van der Waals surface area contributed by atoms with Crippen molar-refractivity contribution in [3.8, 4) is 0 Å². The van der Waals surface area contributed by atoms with Crippen LogP contribution < -0.4 is 0 Å². The number of halogens is 2. The Labute approximate surface area is 142 Å². The number of aromatic nitrogens is 2. The summed E-state index contributed by atoms with van der Waals surface area (Å²) in [7, 11) is 0. The van der Waals surface area contributed by atoms with Crippen LogP contribution in [0.2, 0.25) is 0 Å². The zero-order valence-electron chi connectivity index (χ0n) is 12.1. The summed E-state index contributed by atoms with van der Waals surface area (Å²) in [6.45, 7) is 4.30. The predicted octanol–water partition coefficient (Wildman–Crippen LogP) is 5.19. The van der Waals surface area contributed by atoms with Gasteiger partial charge in [0.1, 0.15) is 0 Å². The molecule has 3 nitrogen and oxygen atoms in total. The van der Waals surface area contributed by atoms with Gasteiger partial charge in [-0.25, -0.2) is 0 Å². The van der Waals surface area contributed by atoms with Gasteiger partial charge in [-0.15, -0.1) is 0 Å². The number of rotatable bonds is 6. The molecule has 0 aliphatic carbocycles. The van der Waals surface area contributed by atoms with E-state index in [1.807, 2.05) is 35.1 Å². The SMILES string of the molecule is CCC(CC)n1ccc(CC(=O)c2cc(Br)cc(Br)c2)n1. The van der Waals surface area contributed by atoms with Crippen molar-refractivity contribution in [1.82, 2.24) is 9.78 Å². The molecule has 0 amide bonds. The van der Waals surface area contributed by atoms with Crippen LogP contribution in [-0.2, 0) is 6.42 Å². The fourth-order valence-electron chi connectivity index (χ4n) is 2.32. The number of hydrogen-bond donors (Lipinski definition) is 0. The predicted molar refractivity (Wildman–Crippen MR) is 91.7 cm³/mol. The van der Waals surface area contributed by atoms with E-state index in [-0.39, 0.29) is 5.78 Å². The second kappa shape index (κ2) is 7.36. The van der Waals surface area contributed by atoms with E-state index >= 15 is 0 Å². The Hall–Kier alpha value is -0.940. The average molecular weight is 414 g/mol. The summed E-state index contributed by atoms with van der Waals surface area (Å²) in [5.41, 5.74) is 1.51. The lowest BCUT2D eigenvalue weighted by Crippen LogP contribution is -2.09. The van der Waals surface area contributed by atoms with E-state index in [0.717, 1.165) is 27.5 Å². The van der Waals surface area contributed by atoms with Gasteiger partial charge in [-0.1, -0.05) is 45.7 Å². The number of benzene rings is 1. The highest BCUT2D eigenvalue weighted by Gasteiger charge is 2.13. The fourth-order valence-corrected chi connectivity index (χ4v) is 3.61. The Morgan fingerprint density at radius 1 is 1.19 bits per heavy atom. The first-order chi connectivity index (χ1) is 10.0. The monoisotopic (exact) mass is 412 g/mol. The Morgan fingerprint density at radius 3 is 2.38 bits per heavy atom. The van der Waals surface area contributed by atoms with E-state index in [4.69, 9.17) is 0 Å². The summed E-state index contributed by atoms with van der Waals surface area (Å²) in [5, 5.41) is 4.53. The summed E-state index contributed by atoms with van der Waals surface area (Å²) in [4.78, 5) is 12.3. The minimum atomic E-state index is 0.0757. The lowest BCUT2D eigenvalue weighted by molar-refractivity contribution is 0.0991. The van der Waals surface area contributed by atoms with E-state index in [1.54, 1.807) is 0 Å². The molecule has 2 aromatic rings. The maximum Gasteiger partial charge on any atom is 0.168 e. The molecule has 112 valence electrons. The van der Waals surface area contributed by atoms with Crippen LogP contribution in [0.1, 0.15) is 48.8 Å². The molecule has 0 atom stereocenters. The molecule has 0 aliphatic heterocycles. The highest BCUT2D eigenvalue weighted by Crippen LogP contribution is 2.21. The van der Waals surface area contributed by atoms with Crippen LogP contribution in [0, 0.1) is 0 Å². The van der Waals surface area contributed by atoms with Crippen LogP contribution in [0.25, 0.3) is 0 Å². The molecule has 1 aromatic carbocycles. The Bertz CT molecular complexity index is 613. The first-order valence-corrected chi connectivity index (χ1v) is 8.65. The molecule has 1 heterocycles. The molecule has 1 aromatic heterocycles. The van der Waals surface area contributed by atoms with Crippen molar-refractivity contribution in [2.45, 2.75) is 39.2 Å². The summed E-state index contributed by atoms with van der Waals surface area (Å²) in [6.07, 6.45) is 4.39. The maximum atomic E-state index is 12.3. The lowest BCUT2D eigenvalue weighted by atomic mass is 10.1. The average Bonchev–Trinajstić information content (AvgIpc) is 2.87.